The molecule has 0 fully saturated rings. The SMILES string of the molecule is C#CC#CC#CC#CC#CC#CC#CC#CC#CC#CC#CC#CC#CC#CC#C.[C-]#[N+]c1ccc(-c2ccc3c(c2)-c2ccccc2C32c3ccc(-c4cccnc4)cc3-n3c4ccc5c6ccccc6oc5c4c4cccc2c43)cc1. The summed E-state index contributed by atoms with van der Waals surface area (Å²) >= 11 is 0. The molecule has 4 heteroatoms. The predicted molar refractivity (Wildman–Crippen MR) is 333 cm³/mol. The molecule has 83 heavy (non-hydrogen) atoms. The first kappa shape index (κ1) is 51.3. The maximum atomic E-state index is 7.45. The van der Waals surface area contributed by atoms with Crippen molar-refractivity contribution in [2.75, 3.05) is 0 Å². The predicted octanol–water partition coefficient (Wildman–Crippen LogP) is 12.9. The summed E-state index contributed by atoms with van der Waals surface area (Å²) in [5.74, 6) is 68.2. The third-order valence-corrected chi connectivity index (χ3v) is 13.4. The Morgan fingerprint density at radius 2 is 0.940 bits per heavy atom. The van der Waals surface area contributed by atoms with Crippen LogP contribution in [0.25, 0.3) is 87.7 Å². The molecule has 4 heterocycles. The fourth-order valence-corrected chi connectivity index (χ4v) is 10.4. The number of pyridine rings is 1. The summed E-state index contributed by atoms with van der Waals surface area (Å²) < 4.78 is 9.22. The lowest BCUT2D eigenvalue weighted by molar-refractivity contribution is 0.673. The maximum Gasteiger partial charge on any atom is 0.187 e. The van der Waals surface area contributed by atoms with Crippen LogP contribution in [0.5, 0.6) is 0 Å². The summed E-state index contributed by atoms with van der Waals surface area (Å²) in [7, 11) is 0. The van der Waals surface area contributed by atoms with Crippen molar-refractivity contribution in [3.63, 3.8) is 0 Å². The highest BCUT2D eigenvalue weighted by molar-refractivity contribution is 6.25. The van der Waals surface area contributed by atoms with Gasteiger partial charge in [0.1, 0.15) is 11.2 Å². The molecule has 1 atom stereocenters. The standard InChI is InChI=1S/C49H27N3O.C30H2/c1-50-33-19-15-29(16-20-33)30-17-22-40-38(26-30)34-9-2-4-12-39(34)49(40)41-23-18-31(32-8-7-25-51-28-32)27-44(41)52-43-24-21-36-35-10-3-5-14-45(35)53-48(36)46(43)37-11-6-13-42(49)47(37)52;1-3-5-7-9-11-13-15-17-19-21-23-25-27-29-30-28-26-24-22-20-18-16-14-12-10-8-6-4-2/h2-28H;1-2H. The molecule has 0 radical (unpaired) electrons. The average molecular weight is 1040 g/mol. The Morgan fingerprint density at radius 1 is 0.422 bits per heavy atom. The lowest BCUT2D eigenvalue weighted by Gasteiger charge is -2.39. The summed E-state index contributed by atoms with van der Waals surface area (Å²) in [6, 6.07) is 54.6. The van der Waals surface area contributed by atoms with Gasteiger partial charge in [-0.25, -0.2) is 4.85 Å². The van der Waals surface area contributed by atoms with Crippen molar-refractivity contribution < 1.29 is 4.42 Å². The molecule has 0 N–H and O–H groups in total. The second-order valence-corrected chi connectivity index (χ2v) is 17.7. The van der Waals surface area contributed by atoms with Crippen LogP contribution in [0.4, 0.5) is 5.69 Å². The first-order valence-corrected chi connectivity index (χ1v) is 25.2. The van der Waals surface area contributed by atoms with Crippen LogP contribution >= 0.6 is 0 Å². The second kappa shape index (κ2) is 24.0. The van der Waals surface area contributed by atoms with E-state index >= 15 is 0 Å². The monoisotopic (exact) mass is 1040 g/mol. The van der Waals surface area contributed by atoms with Gasteiger partial charge in [-0.1, -0.05) is 115 Å². The normalized spacial score (nSPS) is 11.1. The Kier molecular flexibility index (Phi) is 14.8. The van der Waals surface area contributed by atoms with Crippen molar-refractivity contribution >= 4 is 49.4 Å². The fourth-order valence-electron chi connectivity index (χ4n) is 10.4. The third-order valence-electron chi connectivity index (χ3n) is 13.4. The van der Waals surface area contributed by atoms with Crippen molar-refractivity contribution in [3.05, 3.63) is 198 Å². The Bertz CT molecular complexity index is 5380. The Labute approximate surface area is 481 Å². The molecule has 12 rings (SSSR count). The van der Waals surface area contributed by atoms with Crippen LogP contribution in [-0.2, 0) is 5.41 Å². The molecule has 3 aromatic heterocycles. The van der Waals surface area contributed by atoms with Gasteiger partial charge in [-0.2, -0.15) is 0 Å². The fraction of sp³-hybridized carbons (Fsp3) is 0.0127. The number of benzene rings is 7. The van der Waals surface area contributed by atoms with Crippen LogP contribution < -0.4 is 0 Å². The van der Waals surface area contributed by atoms with Gasteiger partial charge in [0.15, 0.2) is 5.69 Å². The van der Waals surface area contributed by atoms with Gasteiger partial charge < -0.3 is 8.98 Å². The minimum absolute atomic E-state index is 0.571. The minimum Gasteiger partial charge on any atom is -0.455 e. The lowest BCUT2D eigenvalue weighted by atomic mass is 9.65. The van der Waals surface area contributed by atoms with E-state index in [9.17, 15) is 0 Å². The van der Waals surface area contributed by atoms with Gasteiger partial charge in [0.25, 0.3) is 0 Å². The summed E-state index contributed by atoms with van der Waals surface area (Å²) in [5, 5.41) is 4.58. The van der Waals surface area contributed by atoms with Gasteiger partial charge in [-0.3, -0.25) is 4.98 Å². The van der Waals surface area contributed by atoms with Gasteiger partial charge in [0.05, 0.1) is 34.1 Å². The number of aromatic nitrogens is 2. The zero-order chi connectivity index (χ0) is 56.6. The third kappa shape index (κ3) is 10.1. The van der Waals surface area contributed by atoms with Crippen LogP contribution in [0.1, 0.15) is 22.3 Å². The van der Waals surface area contributed by atoms with Gasteiger partial charge in [0, 0.05) is 105 Å². The van der Waals surface area contributed by atoms with Gasteiger partial charge in [0.2, 0.25) is 0 Å². The molecule has 0 saturated carbocycles. The van der Waals surface area contributed by atoms with E-state index in [0.29, 0.717) is 5.69 Å². The van der Waals surface area contributed by atoms with Crippen LogP contribution in [0.2, 0.25) is 0 Å². The quantitative estimate of drug-likeness (QED) is 0.128. The molecule has 7 aromatic carbocycles. The first-order chi connectivity index (χ1) is 41.1. The zero-order valence-corrected chi connectivity index (χ0v) is 43.5. The van der Waals surface area contributed by atoms with Gasteiger partial charge in [-0.05, 0) is 181 Å². The van der Waals surface area contributed by atoms with E-state index in [4.69, 9.17) is 23.8 Å². The topological polar surface area (TPSA) is 35.3 Å². The number of terminal acetylenes is 2. The van der Waals surface area contributed by atoms with Gasteiger partial charge in [-0.15, -0.1) is 12.8 Å². The Hall–Kier alpha value is -13.8. The lowest BCUT2D eigenvalue weighted by Crippen LogP contribution is -2.33. The van der Waals surface area contributed by atoms with E-state index in [1.807, 2.05) is 36.7 Å². The van der Waals surface area contributed by atoms with Crippen molar-refractivity contribution in [3.8, 4) is 218 Å². The number of nitrogens with zero attached hydrogens (tertiary/aromatic N) is 3. The van der Waals surface area contributed by atoms with Crippen molar-refractivity contribution in [1.82, 2.24) is 9.55 Å². The van der Waals surface area contributed by atoms with Crippen molar-refractivity contribution in [2.24, 2.45) is 0 Å². The average Bonchev–Trinajstić information content (AvgIpc) is 1.70. The molecule has 1 spiro atoms. The van der Waals surface area contributed by atoms with Crippen LogP contribution in [0.3, 0.4) is 0 Å². The molecule has 0 amide bonds. The number of fused-ring (bicyclic) bond motifs is 16. The van der Waals surface area contributed by atoms with Crippen LogP contribution in [-0.4, -0.2) is 9.55 Å². The summed E-state index contributed by atoms with van der Waals surface area (Å²) in [4.78, 5) is 8.10. The first-order valence-electron chi connectivity index (χ1n) is 25.2. The van der Waals surface area contributed by atoms with Gasteiger partial charge >= 0.3 is 0 Å². The van der Waals surface area contributed by atoms with Crippen LogP contribution in [0.15, 0.2) is 168 Å². The molecule has 4 nitrogen and oxygen atoms in total. The van der Waals surface area contributed by atoms with E-state index in [1.165, 1.54) is 44.3 Å². The highest BCUT2D eigenvalue weighted by atomic mass is 16.3. The number of rotatable bonds is 2. The molecule has 1 aliphatic heterocycles. The molecular weight excluding hydrogens is 1010 g/mol. The van der Waals surface area contributed by atoms with Crippen molar-refractivity contribution in [1.29, 1.82) is 0 Å². The minimum atomic E-state index is -0.571. The van der Waals surface area contributed by atoms with E-state index in [0.717, 1.165) is 60.8 Å². The van der Waals surface area contributed by atoms with E-state index in [1.54, 1.807) is 0 Å². The Balaban J connectivity index is 0.000000208. The zero-order valence-electron chi connectivity index (χ0n) is 43.5. The smallest absolute Gasteiger partial charge is 0.187 e. The highest BCUT2D eigenvalue weighted by Crippen LogP contribution is 2.62. The van der Waals surface area contributed by atoms with E-state index in [2.05, 4.69) is 308 Å². The molecule has 2 aliphatic rings. The van der Waals surface area contributed by atoms with Crippen molar-refractivity contribution in [2.45, 2.75) is 5.41 Å². The largest absolute Gasteiger partial charge is 0.455 e. The highest BCUT2D eigenvalue weighted by Gasteiger charge is 2.51. The maximum absolute atomic E-state index is 7.45. The number of furan rings is 1. The molecule has 10 aromatic rings. The summed E-state index contributed by atoms with van der Waals surface area (Å²) in [6.45, 7) is 7.45. The number of para-hydroxylation sites is 2. The van der Waals surface area contributed by atoms with E-state index < -0.39 is 5.41 Å². The molecule has 1 aliphatic carbocycles. The van der Waals surface area contributed by atoms with Crippen LogP contribution in [0, 0.1) is 185 Å². The molecule has 0 bridgehead atoms. The summed E-state index contributed by atoms with van der Waals surface area (Å²) in [6.07, 6.45) is 13.6. The van der Waals surface area contributed by atoms with E-state index in [-0.39, 0.29) is 0 Å². The molecule has 0 saturated heterocycles. The molecule has 366 valence electrons. The number of hydrogen-bond acceptors (Lipinski definition) is 2. The molecular formula is C79H29N3O. The summed E-state index contributed by atoms with van der Waals surface area (Å²) in [5.41, 5.74) is 17.3. The second-order valence-electron chi connectivity index (χ2n) is 17.7. The number of hydrogen-bond donors (Lipinski definition) is 0. The Morgan fingerprint density at radius 3 is 1.53 bits per heavy atom. The molecule has 1 unspecified atom stereocenters.